The van der Waals surface area contributed by atoms with E-state index in [2.05, 4.69) is 14.7 Å². The summed E-state index contributed by atoms with van der Waals surface area (Å²) >= 11 is 1.30. The van der Waals surface area contributed by atoms with Gasteiger partial charge in [0.2, 0.25) is 0 Å². The first kappa shape index (κ1) is 27.2. The van der Waals surface area contributed by atoms with Crippen LogP contribution in [-0.4, -0.2) is 77.6 Å². The third-order valence-corrected chi connectivity index (χ3v) is 7.28. The number of fused-ring (bicyclic) bond motifs is 3. The standard InChI is InChI=1S/C25H27F3N4O6S/c1-24(2,3)38-23(34)32-13-9-14(32)11-31(10-13)22-30-18-15(20(25(26,27)28)36-12-17(33)35-4)5-6-16(19(18)37-22)21-29-7-8-39-21/h5-8,13-14,20H,9-12H2,1-4H3. The molecule has 10 nitrogen and oxygen atoms in total. The average Bonchev–Trinajstić information content (AvgIpc) is 3.53. The molecular weight excluding hydrogens is 541 g/mol. The van der Waals surface area contributed by atoms with Crippen LogP contribution in [-0.2, 0) is 19.0 Å². The molecule has 3 fully saturated rings. The Bertz CT molecular complexity index is 1360. The largest absolute Gasteiger partial charge is 0.467 e. The Hall–Kier alpha value is -3.39. The van der Waals surface area contributed by atoms with Gasteiger partial charge in [-0.2, -0.15) is 18.2 Å². The number of oxazole rings is 1. The van der Waals surface area contributed by atoms with E-state index >= 15 is 0 Å². The van der Waals surface area contributed by atoms with Crippen molar-refractivity contribution in [2.45, 2.75) is 57.2 Å². The maximum absolute atomic E-state index is 14.1. The number of piperidine rings is 1. The molecule has 2 bridgehead atoms. The first-order valence-electron chi connectivity index (χ1n) is 12.2. The molecule has 2 aromatic heterocycles. The van der Waals surface area contributed by atoms with Crippen molar-refractivity contribution in [2.75, 3.05) is 31.7 Å². The van der Waals surface area contributed by atoms with Crippen LogP contribution in [0.5, 0.6) is 0 Å². The van der Waals surface area contributed by atoms with Crippen LogP contribution in [0.25, 0.3) is 21.7 Å². The molecule has 210 valence electrons. The van der Waals surface area contributed by atoms with Gasteiger partial charge in [-0.1, -0.05) is 6.07 Å². The fraction of sp³-hybridized carbons (Fsp3) is 0.520. The summed E-state index contributed by atoms with van der Waals surface area (Å²) in [5.74, 6) is -0.942. The number of amides is 1. The van der Waals surface area contributed by atoms with E-state index in [-0.39, 0.29) is 34.8 Å². The third-order valence-electron chi connectivity index (χ3n) is 6.47. The van der Waals surface area contributed by atoms with Gasteiger partial charge >= 0.3 is 18.2 Å². The molecule has 0 aliphatic carbocycles. The van der Waals surface area contributed by atoms with E-state index in [0.717, 1.165) is 13.5 Å². The van der Waals surface area contributed by atoms with Crippen molar-refractivity contribution in [2.24, 2.45) is 0 Å². The van der Waals surface area contributed by atoms with Gasteiger partial charge in [0.05, 0.1) is 24.8 Å². The molecule has 0 spiro atoms. The fourth-order valence-electron chi connectivity index (χ4n) is 4.84. The monoisotopic (exact) mass is 568 g/mol. The van der Waals surface area contributed by atoms with E-state index in [9.17, 15) is 22.8 Å². The van der Waals surface area contributed by atoms with Crippen LogP contribution in [0.1, 0.15) is 38.9 Å². The van der Waals surface area contributed by atoms with Gasteiger partial charge in [-0.3, -0.25) is 4.90 Å². The quantitative estimate of drug-likeness (QED) is 0.382. The molecule has 5 heterocycles. The number of halogens is 3. The molecule has 0 saturated carbocycles. The number of ether oxygens (including phenoxy) is 3. The lowest BCUT2D eigenvalue weighted by Gasteiger charge is -2.55. The number of methoxy groups -OCH3 is 1. The van der Waals surface area contributed by atoms with Crippen molar-refractivity contribution in [3.63, 3.8) is 0 Å². The van der Waals surface area contributed by atoms with Gasteiger partial charge in [-0.05, 0) is 33.3 Å². The van der Waals surface area contributed by atoms with Crippen LogP contribution in [0.2, 0.25) is 0 Å². The van der Waals surface area contributed by atoms with E-state index in [1.807, 2.05) is 4.90 Å². The minimum atomic E-state index is -4.84. The summed E-state index contributed by atoms with van der Waals surface area (Å²) in [4.78, 5) is 36.4. The van der Waals surface area contributed by atoms with Crippen LogP contribution in [0.3, 0.4) is 0 Å². The number of thiazole rings is 1. The summed E-state index contributed by atoms with van der Waals surface area (Å²) in [5, 5.41) is 2.29. The molecule has 3 aliphatic heterocycles. The van der Waals surface area contributed by atoms with Crippen molar-refractivity contribution in [3.8, 4) is 10.6 Å². The number of piperazine rings is 1. The minimum absolute atomic E-state index is 0.0480. The zero-order valence-corrected chi connectivity index (χ0v) is 22.5. The number of hydrogen-bond donors (Lipinski definition) is 0. The van der Waals surface area contributed by atoms with Crippen LogP contribution < -0.4 is 4.90 Å². The molecule has 3 atom stereocenters. The highest BCUT2D eigenvalue weighted by molar-refractivity contribution is 7.13. The van der Waals surface area contributed by atoms with Gasteiger partial charge in [0.25, 0.3) is 6.01 Å². The summed E-state index contributed by atoms with van der Waals surface area (Å²) in [5.41, 5.74) is -0.373. The summed E-state index contributed by atoms with van der Waals surface area (Å²) in [7, 11) is 1.06. The Morgan fingerprint density at radius 2 is 1.92 bits per heavy atom. The van der Waals surface area contributed by atoms with E-state index in [1.165, 1.54) is 23.5 Å². The second kappa shape index (κ2) is 9.97. The second-order valence-electron chi connectivity index (χ2n) is 10.4. The molecule has 1 aromatic carbocycles. The van der Waals surface area contributed by atoms with E-state index < -0.39 is 36.6 Å². The Morgan fingerprint density at radius 1 is 1.21 bits per heavy atom. The number of esters is 1. The van der Waals surface area contributed by atoms with Crippen molar-refractivity contribution in [3.05, 3.63) is 29.3 Å². The lowest BCUT2D eigenvalue weighted by Crippen LogP contribution is -2.70. The topological polar surface area (TPSA) is 107 Å². The number of nitrogens with zero attached hydrogens (tertiary/aromatic N) is 4. The second-order valence-corrected chi connectivity index (χ2v) is 11.3. The molecular formula is C25H27F3N4O6S. The summed E-state index contributed by atoms with van der Waals surface area (Å²) < 4.78 is 63.4. The van der Waals surface area contributed by atoms with Crippen molar-refractivity contribution in [1.82, 2.24) is 14.9 Å². The summed E-state index contributed by atoms with van der Waals surface area (Å²) in [6.07, 6.45) is -5.32. The number of hydrogen-bond acceptors (Lipinski definition) is 10. The number of carbonyl (C=O) groups excluding carboxylic acids is 2. The van der Waals surface area contributed by atoms with Crippen molar-refractivity contribution < 1.29 is 41.4 Å². The maximum atomic E-state index is 14.1. The molecule has 14 heteroatoms. The van der Waals surface area contributed by atoms with Crippen LogP contribution >= 0.6 is 11.3 Å². The summed E-state index contributed by atoms with van der Waals surface area (Å²) in [6.45, 7) is 5.26. The predicted octanol–water partition coefficient (Wildman–Crippen LogP) is 4.94. The van der Waals surface area contributed by atoms with Gasteiger partial charge < -0.3 is 23.5 Å². The lowest BCUT2D eigenvalue weighted by molar-refractivity contribution is -0.225. The highest BCUT2D eigenvalue weighted by atomic mass is 32.1. The first-order valence-corrected chi connectivity index (χ1v) is 13.1. The van der Waals surface area contributed by atoms with E-state index in [0.29, 0.717) is 23.7 Å². The highest BCUT2D eigenvalue weighted by Gasteiger charge is 2.50. The molecule has 3 aromatic rings. The number of anilines is 1. The van der Waals surface area contributed by atoms with Crippen molar-refractivity contribution >= 4 is 40.5 Å². The SMILES string of the molecule is COC(=O)COC(c1ccc(-c2nccs2)c2oc(N3CC4CC(C3)N4C(=O)OC(C)(C)C)nc12)C(F)(F)F. The normalized spacial score (nSPS) is 20.1. The zero-order valence-electron chi connectivity index (χ0n) is 21.7. The molecule has 0 radical (unpaired) electrons. The molecule has 1 amide bonds. The Morgan fingerprint density at radius 3 is 2.51 bits per heavy atom. The minimum Gasteiger partial charge on any atom is -0.467 e. The lowest BCUT2D eigenvalue weighted by atomic mass is 9.88. The van der Waals surface area contributed by atoms with E-state index in [4.69, 9.17) is 13.9 Å². The number of aromatic nitrogens is 2. The fourth-order valence-corrected chi connectivity index (χ4v) is 5.50. The highest BCUT2D eigenvalue weighted by Crippen LogP contribution is 2.44. The molecule has 39 heavy (non-hydrogen) atoms. The average molecular weight is 569 g/mol. The van der Waals surface area contributed by atoms with Gasteiger partial charge in [0, 0.05) is 30.2 Å². The third kappa shape index (κ3) is 5.39. The Labute approximate surface area is 225 Å². The molecule has 3 unspecified atom stereocenters. The summed E-state index contributed by atoms with van der Waals surface area (Å²) in [6, 6.07) is 2.58. The predicted molar refractivity (Wildman–Crippen MR) is 134 cm³/mol. The van der Waals surface area contributed by atoms with E-state index in [1.54, 1.807) is 37.2 Å². The zero-order chi connectivity index (χ0) is 28.1. The smallest absolute Gasteiger partial charge is 0.418 e. The Kier molecular flexibility index (Phi) is 6.95. The van der Waals surface area contributed by atoms with Crippen molar-refractivity contribution in [1.29, 1.82) is 0 Å². The van der Waals surface area contributed by atoms with Gasteiger partial charge in [-0.25, -0.2) is 14.6 Å². The number of carbonyl (C=O) groups is 2. The van der Waals surface area contributed by atoms with Crippen LogP contribution in [0, 0.1) is 0 Å². The Balaban J connectivity index is 1.49. The van der Waals surface area contributed by atoms with Gasteiger partial charge in [-0.15, -0.1) is 11.3 Å². The number of alkyl halides is 3. The van der Waals surface area contributed by atoms with Crippen LogP contribution in [0.4, 0.5) is 24.0 Å². The van der Waals surface area contributed by atoms with Crippen LogP contribution in [0.15, 0.2) is 28.1 Å². The first-order chi connectivity index (χ1) is 18.4. The number of rotatable bonds is 6. The number of benzene rings is 1. The molecule has 3 saturated heterocycles. The molecule has 6 rings (SSSR count). The van der Waals surface area contributed by atoms with Gasteiger partial charge in [0.15, 0.2) is 11.7 Å². The van der Waals surface area contributed by atoms with Gasteiger partial charge in [0.1, 0.15) is 22.7 Å². The molecule has 3 aliphatic rings. The maximum Gasteiger partial charge on any atom is 0.418 e. The molecule has 0 N–H and O–H groups in total.